The van der Waals surface area contributed by atoms with E-state index in [1.54, 1.807) is 0 Å². The van der Waals surface area contributed by atoms with Crippen molar-refractivity contribution in [2.75, 3.05) is 0 Å². The summed E-state index contributed by atoms with van der Waals surface area (Å²) in [5.41, 5.74) is 13.0. The summed E-state index contributed by atoms with van der Waals surface area (Å²) in [6.45, 7) is 6.20. The van der Waals surface area contributed by atoms with E-state index in [0.29, 0.717) is 17.5 Å². The van der Waals surface area contributed by atoms with E-state index in [4.69, 9.17) is 15.0 Å². The number of hydrogen-bond acceptors (Lipinski definition) is 3. The van der Waals surface area contributed by atoms with Crippen molar-refractivity contribution < 1.29 is 0 Å². The quantitative estimate of drug-likeness (QED) is 0.146. The van der Waals surface area contributed by atoms with E-state index >= 15 is 0 Å². The van der Waals surface area contributed by atoms with E-state index in [9.17, 15) is 0 Å². The molecule has 0 saturated carbocycles. The average Bonchev–Trinajstić information content (AvgIpc) is 3.63. The highest BCUT2D eigenvalue weighted by Crippen LogP contribution is 2.39. The van der Waals surface area contributed by atoms with Gasteiger partial charge in [0.25, 0.3) is 0 Å². The van der Waals surface area contributed by atoms with Crippen molar-refractivity contribution in [3.8, 4) is 62.1 Å². The van der Waals surface area contributed by atoms with Crippen molar-refractivity contribution in [2.45, 2.75) is 6.92 Å². The SMILES string of the molecule is C=C/C=C\c1c(-n2c3ccccc3c3ccc(-c4nc(-c5ccc(-c6ccccc6)cc5)nc(-c5ccc(-c6ccccc6)cc5)n4)cc32)cc2ccccc2c1C. The van der Waals surface area contributed by atoms with Gasteiger partial charge in [-0.05, 0) is 63.7 Å². The molecule has 0 amide bonds. The second kappa shape index (κ2) is 14.8. The number of aryl methyl sites for hydroxylation is 1. The lowest BCUT2D eigenvalue weighted by Crippen LogP contribution is -2.02. The number of allylic oxidation sites excluding steroid dienone is 2. The van der Waals surface area contributed by atoms with E-state index < -0.39 is 0 Å². The number of benzene rings is 8. The Labute approximate surface area is 337 Å². The zero-order valence-corrected chi connectivity index (χ0v) is 32.0. The normalized spacial score (nSPS) is 11.5. The van der Waals surface area contributed by atoms with E-state index in [0.717, 1.165) is 66.6 Å². The highest BCUT2D eigenvalue weighted by molar-refractivity contribution is 6.11. The maximum Gasteiger partial charge on any atom is 0.164 e. The van der Waals surface area contributed by atoms with Crippen LogP contribution in [-0.4, -0.2) is 19.5 Å². The molecule has 0 fully saturated rings. The second-order valence-corrected chi connectivity index (χ2v) is 14.5. The standard InChI is InChI=1S/C54H38N4/c1-3-4-20-46-36(2)45-21-12-11-19-43(45)34-50(46)58-49-23-14-13-22-47(49)48-33-32-44(35-51(48)58)54-56-52(41-28-24-39(25-29-41)37-15-7-5-8-16-37)55-53(57-54)42-30-26-40(27-31-42)38-17-9-6-10-18-38/h3-35H,1H2,2H3/b20-4-. The molecule has 0 bridgehead atoms. The minimum atomic E-state index is 0.611. The molecule has 4 nitrogen and oxygen atoms in total. The molecule has 0 unspecified atom stereocenters. The minimum Gasteiger partial charge on any atom is -0.309 e. The lowest BCUT2D eigenvalue weighted by molar-refractivity contribution is 1.07. The maximum atomic E-state index is 5.19. The average molecular weight is 743 g/mol. The molecular weight excluding hydrogens is 705 g/mol. The summed E-state index contributed by atoms with van der Waals surface area (Å²) in [6, 6.07) is 63.9. The smallest absolute Gasteiger partial charge is 0.164 e. The fraction of sp³-hybridized carbons (Fsp3) is 0.0185. The molecule has 10 aromatic rings. The zero-order valence-electron chi connectivity index (χ0n) is 32.0. The third-order valence-corrected chi connectivity index (χ3v) is 11.0. The minimum absolute atomic E-state index is 0.611. The molecule has 0 spiro atoms. The number of rotatable bonds is 8. The number of para-hydroxylation sites is 1. The molecule has 0 saturated heterocycles. The monoisotopic (exact) mass is 742 g/mol. The second-order valence-electron chi connectivity index (χ2n) is 14.5. The molecule has 0 radical (unpaired) electrons. The third kappa shape index (κ3) is 6.27. The van der Waals surface area contributed by atoms with Crippen LogP contribution in [0.3, 0.4) is 0 Å². The van der Waals surface area contributed by atoms with Gasteiger partial charge in [-0.1, -0.05) is 189 Å². The van der Waals surface area contributed by atoms with Crippen molar-refractivity contribution in [3.05, 3.63) is 212 Å². The van der Waals surface area contributed by atoms with Crippen molar-refractivity contribution in [3.63, 3.8) is 0 Å². The van der Waals surface area contributed by atoms with Crippen LogP contribution in [0.15, 0.2) is 201 Å². The predicted octanol–water partition coefficient (Wildman–Crippen LogP) is 14.0. The van der Waals surface area contributed by atoms with Crippen LogP contribution in [-0.2, 0) is 0 Å². The Kier molecular flexibility index (Phi) is 8.85. The molecule has 0 aliphatic carbocycles. The highest BCUT2D eigenvalue weighted by Gasteiger charge is 2.19. The topological polar surface area (TPSA) is 43.6 Å². The highest BCUT2D eigenvalue weighted by atomic mass is 15.0. The van der Waals surface area contributed by atoms with Gasteiger partial charge in [-0.15, -0.1) is 0 Å². The van der Waals surface area contributed by atoms with Crippen molar-refractivity contribution in [1.29, 1.82) is 0 Å². The first-order valence-corrected chi connectivity index (χ1v) is 19.6. The molecule has 2 aromatic heterocycles. The Morgan fingerprint density at radius 3 is 1.50 bits per heavy atom. The van der Waals surface area contributed by atoms with Gasteiger partial charge in [0.15, 0.2) is 17.5 Å². The van der Waals surface area contributed by atoms with Gasteiger partial charge in [-0.3, -0.25) is 0 Å². The summed E-state index contributed by atoms with van der Waals surface area (Å²) in [5, 5.41) is 4.76. The molecule has 0 aliphatic heterocycles. The summed E-state index contributed by atoms with van der Waals surface area (Å²) < 4.78 is 2.39. The van der Waals surface area contributed by atoms with Crippen LogP contribution in [0.2, 0.25) is 0 Å². The Morgan fingerprint density at radius 2 is 0.897 bits per heavy atom. The lowest BCUT2D eigenvalue weighted by Gasteiger charge is -2.17. The first-order chi connectivity index (χ1) is 28.6. The molecule has 4 heteroatoms. The van der Waals surface area contributed by atoms with Crippen molar-refractivity contribution in [2.24, 2.45) is 0 Å². The molecular formula is C54H38N4. The van der Waals surface area contributed by atoms with E-state index in [2.05, 4.69) is 194 Å². The predicted molar refractivity (Wildman–Crippen MR) is 243 cm³/mol. The lowest BCUT2D eigenvalue weighted by atomic mass is 9.97. The van der Waals surface area contributed by atoms with Gasteiger partial charge in [0.1, 0.15) is 0 Å². The molecule has 0 N–H and O–H groups in total. The number of aromatic nitrogens is 4. The van der Waals surface area contributed by atoms with Crippen LogP contribution >= 0.6 is 0 Å². The van der Waals surface area contributed by atoms with E-state index in [1.165, 1.54) is 21.7 Å². The third-order valence-electron chi connectivity index (χ3n) is 11.0. The molecule has 58 heavy (non-hydrogen) atoms. The Hall–Kier alpha value is -7.69. The van der Waals surface area contributed by atoms with Gasteiger partial charge in [-0.2, -0.15) is 0 Å². The first kappa shape index (κ1) is 34.8. The van der Waals surface area contributed by atoms with Crippen LogP contribution in [0.25, 0.3) is 101 Å². The Balaban J connectivity index is 1.17. The van der Waals surface area contributed by atoms with Crippen molar-refractivity contribution in [1.82, 2.24) is 19.5 Å². The first-order valence-electron chi connectivity index (χ1n) is 19.6. The van der Waals surface area contributed by atoms with Crippen LogP contribution in [0.5, 0.6) is 0 Å². The fourth-order valence-electron chi connectivity index (χ4n) is 8.10. The number of nitrogens with zero attached hydrogens (tertiary/aromatic N) is 4. The van der Waals surface area contributed by atoms with Crippen LogP contribution in [0.4, 0.5) is 0 Å². The summed E-state index contributed by atoms with van der Waals surface area (Å²) >= 11 is 0. The summed E-state index contributed by atoms with van der Waals surface area (Å²) in [4.78, 5) is 15.5. The van der Waals surface area contributed by atoms with Gasteiger partial charge in [0, 0.05) is 33.0 Å². The van der Waals surface area contributed by atoms with E-state index in [1.807, 2.05) is 24.3 Å². The molecule has 274 valence electrons. The molecule has 8 aromatic carbocycles. The van der Waals surface area contributed by atoms with Gasteiger partial charge in [-0.25, -0.2) is 15.0 Å². The molecule has 0 atom stereocenters. The van der Waals surface area contributed by atoms with Crippen LogP contribution in [0.1, 0.15) is 11.1 Å². The van der Waals surface area contributed by atoms with Crippen LogP contribution in [0, 0.1) is 6.92 Å². The van der Waals surface area contributed by atoms with Gasteiger partial charge < -0.3 is 4.57 Å². The summed E-state index contributed by atoms with van der Waals surface area (Å²) in [6.07, 6.45) is 6.03. The van der Waals surface area contributed by atoms with Gasteiger partial charge in [0.05, 0.1) is 16.7 Å². The summed E-state index contributed by atoms with van der Waals surface area (Å²) in [5.74, 6) is 1.85. The number of hydrogen-bond donors (Lipinski definition) is 0. The van der Waals surface area contributed by atoms with Crippen LogP contribution < -0.4 is 0 Å². The molecule has 10 rings (SSSR count). The van der Waals surface area contributed by atoms with Crippen molar-refractivity contribution >= 4 is 38.7 Å². The van der Waals surface area contributed by atoms with Gasteiger partial charge in [0.2, 0.25) is 0 Å². The van der Waals surface area contributed by atoms with E-state index in [-0.39, 0.29) is 0 Å². The van der Waals surface area contributed by atoms with Gasteiger partial charge >= 0.3 is 0 Å². The Morgan fingerprint density at radius 1 is 0.431 bits per heavy atom. The molecule has 0 aliphatic rings. The zero-order chi connectivity index (χ0) is 39.0. The fourth-order valence-corrected chi connectivity index (χ4v) is 8.10. The largest absolute Gasteiger partial charge is 0.309 e. The molecule has 2 heterocycles. The maximum absolute atomic E-state index is 5.19. The number of fused-ring (bicyclic) bond motifs is 4. The Bertz CT molecular complexity index is 3060. The summed E-state index contributed by atoms with van der Waals surface area (Å²) in [7, 11) is 0.